The quantitative estimate of drug-likeness (QED) is 0.593. The zero-order chi connectivity index (χ0) is 22.2. The van der Waals surface area contributed by atoms with Crippen LogP contribution in [0.1, 0.15) is 31.9 Å². The van der Waals surface area contributed by atoms with Crippen molar-refractivity contribution in [2.24, 2.45) is 10.3 Å². The van der Waals surface area contributed by atoms with Crippen LogP contribution >= 0.6 is 0 Å². The fourth-order valence-electron chi connectivity index (χ4n) is 3.89. The Morgan fingerprint density at radius 2 is 2.06 bits per heavy atom. The van der Waals surface area contributed by atoms with Crippen molar-refractivity contribution in [3.63, 3.8) is 0 Å². The van der Waals surface area contributed by atoms with E-state index in [-0.39, 0.29) is 17.7 Å². The van der Waals surface area contributed by atoms with Crippen LogP contribution in [0.2, 0.25) is 0 Å². The average Bonchev–Trinajstić information content (AvgIpc) is 3.16. The average molecular weight is 450 g/mol. The van der Waals surface area contributed by atoms with Gasteiger partial charge in [0.15, 0.2) is 5.65 Å². The van der Waals surface area contributed by atoms with Crippen LogP contribution in [0.3, 0.4) is 0 Å². The molecule has 0 aliphatic carbocycles. The number of alkyl halides is 2. The van der Waals surface area contributed by atoms with Crippen molar-refractivity contribution in [2.75, 3.05) is 30.5 Å². The molecule has 3 aromatic rings. The molecule has 0 spiro atoms. The smallest absolute Gasteiger partial charge is 0.282 e. The third-order valence-electron chi connectivity index (χ3n) is 5.58. The number of aromatic nitrogens is 5. The first kappa shape index (κ1) is 21.5. The van der Waals surface area contributed by atoms with Crippen molar-refractivity contribution in [2.45, 2.75) is 32.2 Å². The number of anilines is 1. The highest BCUT2D eigenvalue weighted by molar-refractivity contribution is 7.92. The van der Waals surface area contributed by atoms with Gasteiger partial charge >= 0.3 is 0 Å². The first-order valence-corrected chi connectivity index (χ1v) is 12.4. The van der Waals surface area contributed by atoms with Gasteiger partial charge in [-0.25, -0.2) is 32.6 Å². The normalized spacial score (nSPS) is 19.9. The fraction of sp³-hybridized carbons (Fsp3) is 0.500. The van der Waals surface area contributed by atoms with Gasteiger partial charge in [0.2, 0.25) is 0 Å². The molecular formula is C20H25F2N7OS. The third-order valence-corrected chi connectivity index (χ3v) is 6.35. The SMILES string of the molecule is CC1C(CN=S(C)(C)=O)CCCN1c1cc(-c2cnc3ccc(C(F)F)nn23)ncn1. The summed E-state index contributed by atoms with van der Waals surface area (Å²) in [6.45, 7) is 3.51. The minimum Gasteiger partial charge on any atom is -0.353 e. The van der Waals surface area contributed by atoms with Crippen LogP contribution in [0.4, 0.5) is 14.6 Å². The molecule has 0 N–H and O–H groups in total. The molecule has 1 aliphatic rings. The van der Waals surface area contributed by atoms with Gasteiger partial charge in [0, 0.05) is 40.9 Å². The standard InChI is InChI=1S/C20H25F2N7OS/c1-13-14(10-26-31(2,3)30)5-4-8-28(13)19-9-16(24-12-25-19)17-11-23-18-7-6-15(20(21)22)27-29(17)18/h6-7,9,11-14,20H,4-5,8,10H2,1-3H3. The van der Waals surface area contributed by atoms with E-state index in [2.05, 4.69) is 36.2 Å². The van der Waals surface area contributed by atoms with Gasteiger partial charge in [0.1, 0.15) is 23.5 Å². The second kappa shape index (κ2) is 8.45. The number of nitrogens with zero attached hydrogens (tertiary/aromatic N) is 7. The number of hydrogen-bond acceptors (Lipinski definition) is 7. The molecule has 166 valence electrons. The highest BCUT2D eigenvalue weighted by Gasteiger charge is 2.29. The summed E-state index contributed by atoms with van der Waals surface area (Å²) in [6, 6.07) is 4.78. The molecule has 4 rings (SSSR count). The van der Waals surface area contributed by atoms with Gasteiger partial charge in [0.25, 0.3) is 6.43 Å². The molecule has 1 saturated heterocycles. The van der Waals surface area contributed by atoms with Crippen molar-refractivity contribution in [1.29, 1.82) is 0 Å². The van der Waals surface area contributed by atoms with Crippen LogP contribution in [0.15, 0.2) is 35.1 Å². The van der Waals surface area contributed by atoms with Crippen LogP contribution < -0.4 is 4.90 Å². The van der Waals surface area contributed by atoms with Crippen LogP contribution in [0.5, 0.6) is 0 Å². The van der Waals surface area contributed by atoms with E-state index in [4.69, 9.17) is 0 Å². The lowest BCUT2D eigenvalue weighted by molar-refractivity contribution is 0.144. The largest absolute Gasteiger partial charge is 0.353 e. The van der Waals surface area contributed by atoms with E-state index < -0.39 is 16.2 Å². The predicted octanol–water partition coefficient (Wildman–Crippen LogP) is 3.46. The molecule has 0 amide bonds. The van der Waals surface area contributed by atoms with Gasteiger partial charge < -0.3 is 4.90 Å². The summed E-state index contributed by atoms with van der Waals surface area (Å²) in [5.41, 5.74) is 1.23. The first-order chi connectivity index (χ1) is 14.7. The molecule has 0 saturated carbocycles. The van der Waals surface area contributed by atoms with E-state index in [1.54, 1.807) is 18.7 Å². The maximum absolute atomic E-state index is 13.1. The Kier molecular flexibility index (Phi) is 5.87. The van der Waals surface area contributed by atoms with Crippen molar-refractivity contribution in [3.8, 4) is 11.4 Å². The summed E-state index contributed by atoms with van der Waals surface area (Å²) in [7, 11) is -2.14. The van der Waals surface area contributed by atoms with E-state index in [0.29, 0.717) is 23.6 Å². The third kappa shape index (κ3) is 4.65. The lowest BCUT2D eigenvalue weighted by atomic mass is 9.90. The van der Waals surface area contributed by atoms with Gasteiger partial charge in [-0.2, -0.15) is 5.10 Å². The second-order valence-electron chi connectivity index (χ2n) is 8.06. The highest BCUT2D eigenvalue weighted by atomic mass is 32.2. The monoisotopic (exact) mass is 449 g/mol. The van der Waals surface area contributed by atoms with Gasteiger partial charge in [-0.1, -0.05) is 0 Å². The molecule has 0 aromatic carbocycles. The number of hydrogen-bond donors (Lipinski definition) is 0. The van der Waals surface area contributed by atoms with E-state index >= 15 is 0 Å². The van der Waals surface area contributed by atoms with Crippen LogP contribution in [-0.2, 0) is 9.73 Å². The maximum Gasteiger partial charge on any atom is 0.282 e. The topological polar surface area (TPSA) is 88.6 Å². The zero-order valence-electron chi connectivity index (χ0n) is 17.7. The molecule has 2 atom stereocenters. The molecule has 0 bridgehead atoms. The molecular weight excluding hydrogens is 424 g/mol. The Bertz CT molecular complexity index is 1200. The first-order valence-electron chi connectivity index (χ1n) is 10.1. The zero-order valence-corrected chi connectivity index (χ0v) is 18.5. The Hall–Kier alpha value is -2.69. The molecule has 1 fully saturated rings. The molecule has 31 heavy (non-hydrogen) atoms. The van der Waals surface area contributed by atoms with Crippen molar-refractivity contribution in [3.05, 3.63) is 36.4 Å². The molecule has 0 radical (unpaired) electrons. The number of rotatable bonds is 5. The van der Waals surface area contributed by atoms with Crippen molar-refractivity contribution in [1.82, 2.24) is 24.6 Å². The maximum atomic E-state index is 13.1. The second-order valence-corrected chi connectivity index (χ2v) is 10.7. The highest BCUT2D eigenvalue weighted by Crippen LogP contribution is 2.30. The number of fused-ring (bicyclic) bond motifs is 1. The van der Waals surface area contributed by atoms with Crippen LogP contribution in [0.25, 0.3) is 17.0 Å². The van der Waals surface area contributed by atoms with Gasteiger partial charge in [-0.15, -0.1) is 0 Å². The van der Waals surface area contributed by atoms with Crippen molar-refractivity contribution >= 4 is 21.2 Å². The Morgan fingerprint density at radius 3 is 2.81 bits per heavy atom. The van der Waals surface area contributed by atoms with E-state index in [0.717, 1.165) is 25.2 Å². The fourth-order valence-corrected chi connectivity index (χ4v) is 4.44. The summed E-state index contributed by atoms with van der Waals surface area (Å²) < 4.78 is 43.9. The van der Waals surface area contributed by atoms with E-state index in [1.807, 2.05) is 6.07 Å². The number of imidazole rings is 1. The summed E-state index contributed by atoms with van der Waals surface area (Å²) >= 11 is 0. The molecule has 2 unspecified atom stereocenters. The lowest BCUT2D eigenvalue weighted by Crippen LogP contribution is -2.45. The minimum absolute atomic E-state index is 0.160. The van der Waals surface area contributed by atoms with Gasteiger partial charge in [0.05, 0.1) is 18.4 Å². The Labute approximate surface area is 179 Å². The molecule has 1 aliphatic heterocycles. The number of piperidine rings is 1. The summed E-state index contributed by atoms with van der Waals surface area (Å²) in [5, 5.41) is 4.02. The van der Waals surface area contributed by atoms with E-state index in [9.17, 15) is 13.0 Å². The van der Waals surface area contributed by atoms with Crippen molar-refractivity contribution < 1.29 is 13.0 Å². The lowest BCUT2D eigenvalue weighted by Gasteiger charge is -2.39. The molecule has 4 heterocycles. The van der Waals surface area contributed by atoms with E-state index in [1.165, 1.54) is 23.0 Å². The van der Waals surface area contributed by atoms with Gasteiger partial charge in [-0.05, 0) is 37.8 Å². The molecule has 3 aromatic heterocycles. The van der Waals surface area contributed by atoms with Gasteiger partial charge in [-0.3, -0.25) is 4.21 Å². The van der Waals surface area contributed by atoms with Crippen LogP contribution in [0, 0.1) is 5.92 Å². The summed E-state index contributed by atoms with van der Waals surface area (Å²) in [5.74, 6) is 1.02. The minimum atomic E-state index is -2.67. The Balaban J connectivity index is 1.65. The van der Waals surface area contributed by atoms with Crippen LogP contribution in [-0.4, -0.2) is 60.4 Å². The molecule has 11 heteroatoms. The summed E-state index contributed by atoms with van der Waals surface area (Å²) in [4.78, 5) is 15.2. The summed E-state index contributed by atoms with van der Waals surface area (Å²) in [6.07, 6.45) is 5.67. The Morgan fingerprint density at radius 1 is 1.26 bits per heavy atom. The molecule has 8 nitrogen and oxygen atoms in total. The number of halogens is 2. The predicted molar refractivity (Wildman–Crippen MR) is 116 cm³/mol.